The number of nitrogens with one attached hydrogen (secondary N) is 1. The molecule has 1 aliphatic rings. The van der Waals surface area contributed by atoms with E-state index in [0.717, 1.165) is 0 Å². The third kappa shape index (κ3) is 2.72. The second-order valence-corrected chi connectivity index (χ2v) is 4.66. The van der Waals surface area contributed by atoms with Crippen molar-refractivity contribution >= 4 is 11.8 Å². The van der Waals surface area contributed by atoms with Gasteiger partial charge in [-0.05, 0) is 18.6 Å². The van der Waals surface area contributed by atoms with Crippen LogP contribution in [0.15, 0.2) is 4.42 Å². The highest BCUT2D eigenvalue weighted by Gasteiger charge is 2.13. The molecule has 0 spiro atoms. The van der Waals surface area contributed by atoms with E-state index in [-0.39, 0.29) is 0 Å². The van der Waals surface area contributed by atoms with Crippen LogP contribution in [-0.4, -0.2) is 27.7 Å². The summed E-state index contributed by atoms with van der Waals surface area (Å²) in [4.78, 5) is 0. The summed E-state index contributed by atoms with van der Waals surface area (Å²) in [5.41, 5.74) is 0. The lowest BCUT2D eigenvalue weighted by molar-refractivity contribution is 0.418. The summed E-state index contributed by atoms with van der Waals surface area (Å²) in [5.74, 6) is 3.84. The Kier molecular flexibility index (Phi) is 3.42. The third-order valence-electron chi connectivity index (χ3n) is 2.27. The van der Waals surface area contributed by atoms with Crippen LogP contribution < -0.4 is 5.32 Å². The van der Waals surface area contributed by atoms with Crippen LogP contribution in [0.1, 0.15) is 24.6 Å². The molecule has 1 unspecified atom stereocenters. The zero-order valence-electron chi connectivity index (χ0n) is 8.32. The molecule has 2 heterocycles. The van der Waals surface area contributed by atoms with Crippen molar-refractivity contribution in [2.75, 3.05) is 11.5 Å². The van der Waals surface area contributed by atoms with Crippen LogP contribution in [0.5, 0.6) is 0 Å². The van der Waals surface area contributed by atoms with Crippen molar-refractivity contribution in [2.24, 2.45) is 0 Å². The maximum absolute atomic E-state index is 5.28. The van der Waals surface area contributed by atoms with E-state index < -0.39 is 0 Å². The number of aryl methyl sites for hydroxylation is 1. The number of aromatic nitrogens is 2. The fraction of sp³-hybridized carbons (Fsp3) is 0.778. The molecule has 0 aliphatic carbocycles. The van der Waals surface area contributed by atoms with Gasteiger partial charge < -0.3 is 9.73 Å². The van der Waals surface area contributed by atoms with E-state index in [9.17, 15) is 0 Å². The summed E-state index contributed by atoms with van der Waals surface area (Å²) in [5, 5.41) is 11.2. The first-order valence-corrected chi connectivity index (χ1v) is 6.10. The molecule has 0 radical (unpaired) electrons. The lowest BCUT2D eigenvalue weighted by Crippen LogP contribution is -2.33. The van der Waals surface area contributed by atoms with Crippen molar-refractivity contribution in [1.82, 2.24) is 15.5 Å². The van der Waals surface area contributed by atoms with Gasteiger partial charge >= 0.3 is 0 Å². The van der Waals surface area contributed by atoms with Crippen LogP contribution >= 0.6 is 11.8 Å². The molecular weight excluding hydrogens is 198 g/mol. The Morgan fingerprint density at radius 3 is 3.14 bits per heavy atom. The first-order valence-electron chi connectivity index (χ1n) is 4.95. The lowest BCUT2D eigenvalue weighted by atomic mass is 10.2. The molecule has 0 aromatic carbocycles. The van der Waals surface area contributed by atoms with Crippen molar-refractivity contribution in [3.05, 3.63) is 11.8 Å². The predicted molar refractivity (Wildman–Crippen MR) is 56.2 cm³/mol. The van der Waals surface area contributed by atoms with Crippen LogP contribution in [0.2, 0.25) is 0 Å². The predicted octanol–water partition coefficient (Wildman–Crippen LogP) is 1.36. The number of thioether (sulfide) groups is 1. The van der Waals surface area contributed by atoms with Gasteiger partial charge in [-0.25, -0.2) is 0 Å². The number of hydrogen-bond donors (Lipinski definition) is 1. The molecule has 5 heteroatoms. The minimum absolute atomic E-state index is 0.612. The smallest absolute Gasteiger partial charge is 0.230 e. The molecule has 1 aromatic heterocycles. The minimum atomic E-state index is 0.612. The number of rotatable bonds is 3. The number of nitrogens with zero attached hydrogens (tertiary/aromatic N) is 2. The van der Waals surface area contributed by atoms with Crippen molar-refractivity contribution in [1.29, 1.82) is 0 Å². The van der Waals surface area contributed by atoms with Crippen molar-refractivity contribution < 1.29 is 4.42 Å². The van der Waals surface area contributed by atoms with Gasteiger partial charge in [0.25, 0.3) is 0 Å². The quantitative estimate of drug-likeness (QED) is 0.821. The van der Waals surface area contributed by atoms with Crippen molar-refractivity contribution in [3.8, 4) is 0 Å². The summed E-state index contributed by atoms with van der Waals surface area (Å²) in [6.45, 7) is 2.51. The van der Waals surface area contributed by atoms with E-state index in [1.807, 2.05) is 18.7 Å². The zero-order chi connectivity index (χ0) is 9.80. The standard InChI is InChI=1S/C9H15N3OS/c1-7-11-12-9(13-7)5-10-8-3-2-4-14-6-8/h8,10H,2-6H2,1H3. The maximum atomic E-state index is 5.28. The van der Waals surface area contributed by atoms with Gasteiger partial charge in [0.1, 0.15) is 0 Å². The highest BCUT2D eigenvalue weighted by atomic mass is 32.2. The van der Waals surface area contributed by atoms with E-state index in [1.54, 1.807) is 0 Å². The van der Waals surface area contributed by atoms with Crippen molar-refractivity contribution in [2.45, 2.75) is 32.4 Å². The monoisotopic (exact) mass is 213 g/mol. The van der Waals surface area contributed by atoms with Crippen LogP contribution in [0.25, 0.3) is 0 Å². The van der Waals surface area contributed by atoms with E-state index in [1.165, 1.54) is 24.3 Å². The summed E-state index contributed by atoms with van der Waals surface area (Å²) < 4.78 is 5.28. The maximum Gasteiger partial charge on any atom is 0.230 e. The van der Waals surface area contributed by atoms with Crippen LogP contribution in [0.4, 0.5) is 0 Å². The Labute approximate surface area is 87.9 Å². The van der Waals surface area contributed by atoms with Crippen molar-refractivity contribution in [3.63, 3.8) is 0 Å². The summed E-state index contributed by atoms with van der Waals surface area (Å²) in [6.07, 6.45) is 2.57. The molecule has 0 bridgehead atoms. The fourth-order valence-corrected chi connectivity index (χ4v) is 2.65. The molecule has 0 amide bonds. The second kappa shape index (κ2) is 4.79. The molecule has 2 rings (SSSR count). The van der Waals surface area contributed by atoms with Gasteiger partial charge in [-0.3, -0.25) is 0 Å². The molecule has 0 saturated carbocycles. The number of hydrogen-bond acceptors (Lipinski definition) is 5. The van der Waals surface area contributed by atoms with Gasteiger partial charge in [0.2, 0.25) is 11.8 Å². The SMILES string of the molecule is Cc1nnc(CNC2CCCSC2)o1. The minimum Gasteiger partial charge on any atom is -0.424 e. The molecule has 1 fully saturated rings. The Morgan fingerprint density at radius 1 is 1.57 bits per heavy atom. The molecule has 1 aromatic rings. The molecule has 4 nitrogen and oxygen atoms in total. The summed E-state index contributed by atoms with van der Waals surface area (Å²) >= 11 is 2.01. The Balaban J connectivity index is 1.76. The Bertz CT molecular complexity index is 283. The normalized spacial score (nSPS) is 22.5. The lowest BCUT2D eigenvalue weighted by Gasteiger charge is -2.21. The van der Waals surface area contributed by atoms with E-state index in [0.29, 0.717) is 24.4 Å². The average molecular weight is 213 g/mol. The molecule has 1 saturated heterocycles. The van der Waals surface area contributed by atoms with Gasteiger partial charge in [-0.15, -0.1) is 10.2 Å². The highest BCUT2D eigenvalue weighted by molar-refractivity contribution is 7.99. The highest BCUT2D eigenvalue weighted by Crippen LogP contribution is 2.17. The van der Waals surface area contributed by atoms with Gasteiger partial charge in [-0.2, -0.15) is 11.8 Å². The average Bonchev–Trinajstić information content (AvgIpc) is 2.63. The molecule has 1 aliphatic heterocycles. The van der Waals surface area contributed by atoms with Crippen LogP contribution in [0, 0.1) is 6.92 Å². The third-order valence-corrected chi connectivity index (χ3v) is 3.49. The summed E-state index contributed by atoms with van der Waals surface area (Å²) in [7, 11) is 0. The van der Waals surface area contributed by atoms with Crippen LogP contribution in [-0.2, 0) is 6.54 Å². The zero-order valence-corrected chi connectivity index (χ0v) is 9.14. The molecule has 14 heavy (non-hydrogen) atoms. The van der Waals surface area contributed by atoms with Crippen LogP contribution in [0.3, 0.4) is 0 Å². The summed E-state index contributed by atoms with van der Waals surface area (Å²) in [6, 6.07) is 0.612. The molecule has 78 valence electrons. The Morgan fingerprint density at radius 2 is 2.50 bits per heavy atom. The van der Waals surface area contributed by atoms with Gasteiger partial charge in [0.05, 0.1) is 6.54 Å². The first kappa shape index (κ1) is 9.98. The molecular formula is C9H15N3OS. The van der Waals surface area contributed by atoms with Gasteiger partial charge in [-0.1, -0.05) is 0 Å². The van der Waals surface area contributed by atoms with Gasteiger partial charge in [0, 0.05) is 18.7 Å². The van der Waals surface area contributed by atoms with Gasteiger partial charge in [0.15, 0.2) is 0 Å². The topological polar surface area (TPSA) is 51.0 Å². The molecule has 1 atom stereocenters. The van der Waals surface area contributed by atoms with E-state index in [4.69, 9.17) is 4.42 Å². The van der Waals surface area contributed by atoms with E-state index in [2.05, 4.69) is 15.5 Å². The first-order chi connectivity index (χ1) is 6.84. The fourth-order valence-electron chi connectivity index (χ4n) is 1.54. The Hall–Kier alpha value is -0.550. The largest absolute Gasteiger partial charge is 0.424 e. The second-order valence-electron chi connectivity index (χ2n) is 3.51. The molecule has 1 N–H and O–H groups in total. The van der Waals surface area contributed by atoms with E-state index >= 15 is 0 Å².